The third kappa shape index (κ3) is 3.92. The van der Waals surface area contributed by atoms with Crippen LogP contribution in [0.15, 0.2) is 29.2 Å². The maximum absolute atomic E-state index is 12.7. The zero-order chi connectivity index (χ0) is 17.3. The molecule has 0 aromatic heterocycles. The van der Waals surface area contributed by atoms with Crippen LogP contribution in [0, 0.1) is 11.3 Å². The number of nitrogens with one attached hydrogen (secondary N) is 1. The molecular weight excluding hydrogens is 310 g/mol. The van der Waals surface area contributed by atoms with Crippen molar-refractivity contribution in [2.24, 2.45) is 0 Å². The van der Waals surface area contributed by atoms with Gasteiger partial charge in [-0.05, 0) is 23.1 Å². The Hall–Kier alpha value is -1.42. The second-order valence-corrected chi connectivity index (χ2v) is 9.13. The van der Waals surface area contributed by atoms with Crippen LogP contribution in [0.4, 0.5) is 0 Å². The Morgan fingerprint density at radius 3 is 2.13 bits per heavy atom. The van der Waals surface area contributed by atoms with Gasteiger partial charge in [-0.1, -0.05) is 32.9 Å². The molecule has 23 heavy (non-hydrogen) atoms. The lowest BCUT2D eigenvalue weighted by Crippen LogP contribution is -3.17. The van der Waals surface area contributed by atoms with E-state index in [1.165, 1.54) is 4.31 Å². The van der Waals surface area contributed by atoms with Gasteiger partial charge in [0.25, 0.3) is 0 Å². The number of nitrogens with zero attached hydrogens (tertiary/aromatic N) is 2. The summed E-state index contributed by atoms with van der Waals surface area (Å²) in [5.41, 5.74) is 1.12. The summed E-state index contributed by atoms with van der Waals surface area (Å²) in [6.07, 6.45) is 0. The third-order valence-corrected chi connectivity index (χ3v) is 6.44. The number of hydrogen-bond donors (Lipinski definition) is 1. The first-order valence-corrected chi connectivity index (χ1v) is 9.45. The van der Waals surface area contributed by atoms with Gasteiger partial charge in [0.1, 0.15) is 6.07 Å². The van der Waals surface area contributed by atoms with E-state index in [2.05, 4.69) is 26.8 Å². The molecule has 5 nitrogen and oxygen atoms in total. The molecule has 1 saturated heterocycles. The maximum Gasteiger partial charge on any atom is 0.243 e. The average Bonchev–Trinajstić information content (AvgIpc) is 2.53. The maximum atomic E-state index is 12.7. The lowest BCUT2D eigenvalue weighted by atomic mass is 9.87. The van der Waals surface area contributed by atoms with Crippen LogP contribution in [0.3, 0.4) is 0 Å². The van der Waals surface area contributed by atoms with Crippen LogP contribution in [0.2, 0.25) is 0 Å². The third-order valence-electron chi connectivity index (χ3n) is 4.53. The minimum atomic E-state index is -3.44. The molecule has 0 aliphatic carbocycles. The minimum Gasteiger partial charge on any atom is -0.319 e. The smallest absolute Gasteiger partial charge is 0.243 e. The van der Waals surface area contributed by atoms with Crippen molar-refractivity contribution in [3.05, 3.63) is 29.8 Å². The molecule has 0 amide bonds. The summed E-state index contributed by atoms with van der Waals surface area (Å²) in [4.78, 5) is 1.50. The van der Waals surface area contributed by atoms with Gasteiger partial charge in [0, 0.05) is 6.92 Å². The van der Waals surface area contributed by atoms with E-state index in [0.29, 0.717) is 31.1 Å². The lowest BCUT2D eigenvalue weighted by Gasteiger charge is -2.32. The highest BCUT2D eigenvalue weighted by Gasteiger charge is 2.32. The highest BCUT2D eigenvalue weighted by atomic mass is 32.2. The molecular formula is C17H26N3O2S+. The summed E-state index contributed by atoms with van der Waals surface area (Å²) in [6, 6.07) is 9.34. The Morgan fingerprint density at radius 2 is 1.70 bits per heavy atom. The van der Waals surface area contributed by atoms with Crippen molar-refractivity contribution in [1.29, 1.82) is 5.26 Å². The lowest BCUT2D eigenvalue weighted by molar-refractivity contribution is -0.918. The second-order valence-electron chi connectivity index (χ2n) is 7.19. The van der Waals surface area contributed by atoms with Gasteiger partial charge in [0.05, 0.1) is 31.1 Å². The predicted octanol–water partition coefficient (Wildman–Crippen LogP) is 0.785. The molecule has 126 valence electrons. The molecule has 1 aromatic carbocycles. The Balaban J connectivity index is 2.13. The summed E-state index contributed by atoms with van der Waals surface area (Å²) in [7, 11) is -3.44. The van der Waals surface area contributed by atoms with Crippen molar-refractivity contribution in [3.63, 3.8) is 0 Å². The molecule has 0 unspecified atom stereocenters. The summed E-state index contributed by atoms with van der Waals surface area (Å²) in [5, 5.41) is 8.98. The molecule has 1 fully saturated rings. The van der Waals surface area contributed by atoms with Crippen LogP contribution < -0.4 is 4.90 Å². The molecule has 1 heterocycles. The van der Waals surface area contributed by atoms with Crippen molar-refractivity contribution in [1.82, 2.24) is 4.31 Å². The summed E-state index contributed by atoms with van der Waals surface area (Å²) < 4.78 is 27.0. The van der Waals surface area contributed by atoms with Crippen molar-refractivity contribution >= 4 is 10.0 Å². The Morgan fingerprint density at radius 1 is 1.17 bits per heavy atom. The molecule has 1 atom stereocenters. The first kappa shape index (κ1) is 17.9. The molecule has 1 aliphatic heterocycles. The summed E-state index contributed by atoms with van der Waals surface area (Å²) >= 11 is 0. The Kier molecular flexibility index (Phi) is 5.14. The molecule has 6 heteroatoms. The van der Waals surface area contributed by atoms with Gasteiger partial charge >= 0.3 is 0 Å². The minimum absolute atomic E-state index is 0.00467. The normalized spacial score (nSPS) is 19.3. The van der Waals surface area contributed by atoms with Gasteiger partial charge in [-0.3, -0.25) is 0 Å². The van der Waals surface area contributed by atoms with E-state index < -0.39 is 10.0 Å². The van der Waals surface area contributed by atoms with Crippen molar-refractivity contribution in [3.8, 4) is 6.07 Å². The van der Waals surface area contributed by atoms with Crippen LogP contribution in [0.5, 0.6) is 0 Å². The van der Waals surface area contributed by atoms with E-state index in [9.17, 15) is 8.42 Å². The largest absolute Gasteiger partial charge is 0.319 e. The summed E-state index contributed by atoms with van der Waals surface area (Å²) in [6.45, 7) is 10.5. The standard InChI is InChI=1S/C17H25N3O2S/c1-14(13-18)19-9-11-20(12-10-19)23(21,22)16-7-5-15(6-8-16)17(2,3)4/h5-8,14H,9-12H2,1-4H3/p+1/t14-/m1/s1. The predicted molar refractivity (Wildman–Crippen MR) is 89.7 cm³/mol. The number of hydrogen-bond acceptors (Lipinski definition) is 3. The van der Waals surface area contributed by atoms with E-state index in [1.54, 1.807) is 12.1 Å². The van der Waals surface area contributed by atoms with E-state index >= 15 is 0 Å². The average molecular weight is 336 g/mol. The van der Waals surface area contributed by atoms with E-state index in [4.69, 9.17) is 5.26 Å². The molecule has 2 rings (SSSR count). The van der Waals surface area contributed by atoms with Gasteiger partial charge in [-0.25, -0.2) is 8.42 Å². The van der Waals surface area contributed by atoms with Crippen molar-refractivity contribution in [2.45, 2.75) is 44.0 Å². The summed E-state index contributed by atoms with van der Waals surface area (Å²) in [5.74, 6) is 0. The first-order valence-electron chi connectivity index (χ1n) is 8.01. The molecule has 1 N–H and O–H groups in total. The van der Waals surface area contributed by atoms with Crippen LogP contribution in [-0.4, -0.2) is 44.9 Å². The number of nitriles is 1. The second kappa shape index (κ2) is 6.60. The molecule has 0 spiro atoms. The fraction of sp³-hybridized carbons (Fsp3) is 0.588. The number of sulfonamides is 1. The van der Waals surface area contributed by atoms with Crippen LogP contribution in [0.1, 0.15) is 33.3 Å². The van der Waals surface area contributed by atoms with Crippen LogP contribution in [-0.2, 0) is 15.4 Å². The molecule has 0 bridgehead atoms. The molecule has 0 radical (unpaired) electrons. The first-order chi connectivity index (χ1) is 10.7. The number of benzene rings is 1. The molecule has 1 aromatic rings. The number of piperazine rings is 1. The van der Waals surface area contributed by atoms with Gasteiger partial charge in [0.15, 0.2) is 6.04 Å². The number of quaternary nitrogens is 1. The van der Waals surface area contributed by atoms with Gasteiger partial charge < -0.3 is 4.90 Å². The fourth-order valence-corrected chi connectivity index (χ4v) is 4.26. The van der Waals surface area contributed by atoms with E-state index in [0.717, 1.165) is 10.5 Å². The van der Waals surface area contributed by atoms with Crippen molar-refractivity contribution < 1.29 is 13.3 Å². The van der Waals surface area contributed by atoms with Crippen molar-refractivity contribution in [2.75, 3.05) is 26.2 Å². The highest BCUT2D eigenvalue weighted by molar-refractivity contribution is 7.89. The molecule has 1 aliphatic rings. The topological polar surface area (TPSA) is 65.6 Å². The van der Waals surface area contributed by atoms with Gasteiger partial charge in [-0.15, -0.1) is 0 Å². The SMILES string of the molecule is C[C@H](C#N)[NH+]1CCN(S(=O)(=O)c2ccc(C(C)(C)C)cc2)CC1. The van der Waals surface area contributed by atoms with Crippen LogP contribution >= 0.6 is 0 Å². The number of rotatable bonds is 3. The van der Waals surface area contributed by atoms with Gasteiger partial charge in [-0.2, -0.15) is 9.57 Å². The fourth-order valence-electron chi connectivity index (χ4n) is 2.81. The van der Waals surface area contributed by atoms with Gasteiger partial charge in [0.2, 0.25) is 10.0 Å². The Labute approximate surface area is 139 Å². The van der Waals surface area contributed by atoms with E-state index in [1.807, 2.05) is 19.1 Å². The zero-order valence-corrected chi connectivity index (χ0v) is 15.2. The monoisotopic (exact) mass is 336 g/mol. The zero-order valence-electron chi connectivity index (χ0n) is 14.3. The van der Waals surface area contributed by atoms with Crippen LogP contribution in [0.25, 0.3) is 0 Å². The quantitative estimate of drug-likeness (QED) is 0.887. The van der Waals surface area contributed by atoms with E-state index in [-0.39, 0.29) is 11.5 Å². The Bertz CT molecular complexity index is 676. The highest BCUT2D eigenvalue weighted by Crippen LogP contribution is 2.24. The molecule has 0 saturated carbocycles.